The molecule has 1 rings (SSSR count). The van der Waals surface area contributed by atoms with Gasteiger partial charge in [-0.2, -0.15) is 11.8 Å². The van der Waals surface area contributed by atoms with Crippen molar-refractivity contribution in [1.82, 2.24) is 0 Å². The van der Waals surface area contributed by atoms with E-state index >= 15 is 0 Å². The first-order chi connectivity index (χ1) is 7.18. The number of hydrogen-bond acceptors (Lipinski definition) is 2. The van der Waals surface area contributed by atoms with Crippen molar-refractivity contribution in [3.8, 4) is 0 Å². The maximum Gasteiger partial charge on any atom is 0.00414 e. The van der Waals surface area contributed by atoms with Crippen LogP contribution in [0, 0.1) is 11.8 Å². The van der Waals surface area contributed by atoms with Crippen LogP contribution in [0.5, 0.6) is 0 Å². The average molecular weight is 229 g/mol. The van der Waals surface area contributed by atoms with Gasteiger partial charge in [0.25, 0.3) is 0 Å². The van der Waals surface area contributed by atoms with E-state index in [0.717, 1.165) is 11.8 Å². The lowest BCUT2D eigenvalue weighted by Crippen LogP contribution is -2.25. The zero-order valence-corrected chi connectivity index (χ0v) is 11.2. The van der Waals surface area contributed by atoms with E-state index < -0.39 is 0 Å². The van der Waals surface area contributed by atoms with Crippen molar-refractivity contribution in [2.75, 3.05) is 11.5 Å². The highest BCUT2D eigenvalue weighted by Gasteiger charge is 2.16. The topological polar surface area (TPSA) is 26.0 Å². The molecule has 2 N–H and O–H groups in total. The molecule has 0 radical (unpaired) electrons. The summed E-state index contributed by atoms with van der Waals surface area (Å²) in [6.07, 6.45) is 7.99. The van der Waals surface area contributed by atoms with Crippen LogP contribution in [0.3, 0.4) is 0 Å². The fourth-order valence-electron chi connectivity index (χ4n) is 2.32. The Balaban J connectivity index is 2.03. The molecule has 0 aromatic carbocycles. The van der Waals surface area contributed by atoms with Gasteiger partial charge in [0, 0.05) is 6.04 Å². The van der Waals surface area contributed by atoms with Gasteiger partial charge >= 0.3 is 0 Å². The van der Waals surface area contributed by atoms with E-state index in [9.17, 15) is 0 Å². The molecule has 0 bridgehead atoms. The highest BCUT2D eigenvalue weighted by molar-refractivity contribution is 7.99. The third-order valence-corrected chi connectivity index (χ3v) is 4.38. The van der Waals surface area contributed by atoms with Crippen LogP contribution >= 0.6 is 11.8 Å². The summed E-state index contributed by atoms with van der Waals surface area (Å²) in [6, 6.07) is 0.469. The van der Waals surface area contributed by atoms with Crippen LogP contribution in [0.2, 0.25) is 0 Å². The van der Waals surface area contributed by atoms with E-state index in [1.54, 1.807) is 0 Å². The molecular weight excluding hydrogens is 202 g/mol. The second-order valence-corrected chi connectivity index (χ2v) is 6.60. The molecule has 2 heteroatoms. The summed E-state index contributed by atoms with van der Waals surface area (Å²) in [5, 5.41) is 0. The molecule has 1 aliphatic heterocycles. The normalized spacial score (nSPS) is 20.8. The van der Waals surface area contributed by atoms with E-state index in [2.05, 4.69) is 25.6 Å². The van der Waals surface area contributed by atoms with Crippen LogP contribution in [0.4, 0.5) is 0 Å². The lowest BCUT2D eigenvalue weighted by atomic mass is 9.92. The highest BCUT2D eigenvalue weighted by Crippen LogP contribution is 2.26. The third kappa shape index (κ3) is 6.47. The fraction of sp³-hybridized carbons (Fsp3) is 1.00. The predicted molar refractivity (Wildman–Crippen MR) is 71.3 cm³/mol. The first kappa shape index (κ1) is 13.4. The first-order valence-corrected chi connectivity index (χ1v) is 7.67. The molecule has 1 saturated heterocycles. The van der Waals surface area contributed by atoms with Gasteiger partial charge in [-0.1, -0.05) is 26.7 Å². The van der Waals surface area contributed by atoms with Gasteiger partial charge in [0.15, 0.2) is 0 Å². The second-order valence-electron chi connectivity index (χ2n) is 5.38. The minimum atomic E-state index is 0.469. The van der Waals surface area contributed by atoms with Gasteiger partial charge in [0.05, 0.1) is 0 Å². The molecule has 1 fully saturated rings. The molecule has 90 valence electrons. The Morgan fingerprint density at radius 1 is 1.20 bits per heavy atom. The maximum atomic E-state index is 6.18. The van der Waals surface area contributed by atoms with Gasteiger partial charge in [0.2, 0.25) is 0 Å². The molecule has 0 aliphatic carbocycles. The minimum Gasteiger partial charge on any atom is -0.328 e. The summed E-state index contributed by atoms with van der Waals surface area (Å²) < 4.78 is 0. The van der Waals surface area contributed by atoms with Crippen molar-refractivity contribution >= 4 is 11.8 Å². The van der Waals surface area contributed by atoms with Gasteiger partial charge in [-0.25, -0.2) is 0 Å². The van der Waals surface area contributed by atoms with Crippen molar-refractivity contribution in [3.05, 3.63) is 0 Å². The van der Waals surface area contributed by atoms with Crippen molar-refractivity contribution in [2.24, 2.45) is 17.6 Å². The van der Waals surface area contributed by atoms with Crippen LogP contribution in [0.1, 0.15) is 52.4 Å². The molecular formula is C13H27NS. The van der Waals surface area contributed by atoms with E-state index in [4.69, 9.17) is 5.73 Å². The van der Waals surface area contributed by atoms with Crippen molar-refractivity contribution < 1.29 is 0 Å². The van der Waals surface area contributed by atoms with Gasteiger partial charge < -0.3 is 5.73 Å². The summed E-state index contributed by atoms with van der Waals surface area (Å²) in [5.41, 5.74) is 6.18. The lowest BCUT2D eigenvalue weighted by molar-refractivity contribution is 0.382. The molecule has 0 aromatic heterocycles. The molecule has 1 nitrogen and oxygen atoms in total. The van der Waals surface area contributed by atoms with Crippen LogP contribution in [0.25, 0.3) is 0 Å². The maximum absolute atomic E-state index is 6.18. The minimum absolute atomic E-state index is 0.469. The summed E-state index contributed by atoms with van der Waals surface area (Å²) in [5.74, 6) is 4.50. The van der Waals surface area contributed by atoms with E-state index in [1.165, 1.54) is 50.0 Å². The molecule has 1 aliphatic rings. The molecule has 1 atom stereocenters. The summed E-state index contributed by atoms with van der Waals surface area (Å²) >= 11 is 2.11. The molecule has 0 spiro atoms. The van der Waals surface area contributed by atoms with E-state index in [-0.39, 0.29) is 0 Å². The monoisotopic (exact) mass is 229 g/mol. The fourth-order valence-corrected chi connectivity index (χ4v) is 3.52. The summed E-state index contributed by atoms with van der Waals surface area (Å²) in [6.45, 7) is 4.59. The standard InChI is InChI=1S/C13H27NS/c1-11(2)4-3-5-13(14)10-12-6-8-15-9-7-12/h11-13H,3-10,14H2,1-2H3. The largest absolute Gasteiger partial charge is 0.328 e. The molecule has 0 saturated carbocycles. The Hall–Kier alpha value is 0.310. The SMILES string of the molecule is CC(C)CCCC(N)CC1CCSCC1. The van der Waals surface area contributed by atoms with Gasteiger partial charge in [-0.3, -0.25) is 0 Å². The Kier molecular flexibility index (Phi) is 6.74. The first-order valence-electron chi connectivity index (χ1n) is 6.51. The van der Waals surface area contributed by atoms with Crippen LogP contribution < -0.4 is 5.73 Å². The summed E-state index contributed by atoms with van der Waals surface area (Å²) in [7, 11) is 0. The van der Waals surface area contributed by atoms with Gasteiger partial charge in [0.1, 0.15) is 0 Å². The second kappa shape index (κ2) is 7.56. The predicted octanol–water partition coefficient (Wildman–Crippen LogP) is 3.67. The smallest absolute Gasteiger partial charge is 0.00414 e. The number of nitrogens with two attached hydrogens (primary N) is 1. The number of rotatable bonds is 6. The molecule has 1 unspecified atom stereocenters. The Morgan fingerprint density at radius 3 is 2.47 bits per heavy atom. The van der Waals surface area contributed by atoms with Crippen LogP contribution in [-0.4, -0.2) is 17.5 Å². The van der Waals surface area contributed by atoms with Crippen molar-refractivity contribution in [3.63, 3.8) is 0 Å². The molecule has 0 aromatic rings. The van der Waals surface area contributed by atoms with E-state index in [1.807, 2.05) is 0 Å². The lowest BCUT2D eigenvalue weighted by Gasteiger charge is -2.24. The molecule has 1 heterocycles. The Labute approximate surface area is 99.6 Å². The Morgan fingerprint density at radius 2 is 1.87 bits per heavy atom. The number of thioether (sulfide) groups is 1. The van der Waals surface area contributed by atoms with Crippen molar-refractivity contribution in [2.45, 2.75) is 58.4 Å². The van der Waals surface area contributed by atoms with Gasteiger partial charge in [-0.05, 0) is 49.0 Å². The molecule has 0 amide bonds. The zero-order valence-electron chi connectivity index (χ0n) is 10.4. The highest BCUT2D eigenvalue weighted by atomic mass is 32.2. The summed E-state index contributed by atoms with van der Waals surface area (Å²) in [4.78, 5) is 0. The average Bonchev–Trinajstić information content (AvgIpc) is 2.18. The van der Waals surface area contributed by atoms with E-state index in [0.29, 0.717) is 6.04 Å². The van der Waals surface area contributed by atoms with Crippen LogP contribution in [-0.2, 0) is 0 Å². The number of hydrogen-bond donors (Lipinski definition) is 1. The molecule has 15 heavy (non-hydrogen) atoms. The van der Waals surface area contributed by atoms with Crippen LogP contribution in [0.15, 0.2) is 0 Å². The Bertz CT molecular complexity index is 153. The third-order valence-electron chi connectivity index (χ3n) is 3.33. The quantitative estimate of drug-likeness (QED) is 0.752. The zero-order chi connectivity index (χ0) is 11.1. The van der Waals surface area contributed by atoms with Gasteiger partial charge in [-0.15, -0.1) is 0 Å². The van der Waals surface area contributed by atoms with Crippen molar-refractivity contribution in [1.29, 1.82) is 0 Å².